The van der Waals surface area contributed by atoms with Gasteiger partial charge < -0.3 is 15.0 Å². The second kappa shape index (κ2) is 6.75. The molecule has 19 heavy (non-hydrogen) atoms. The molecule has 0 bridgehead atoms. The van der Waals surface area contributed by atoms with E-state index in [0.29, 0.717) is 12.6 Å². The van der Waals surface area contributed by atoms with Crippen molar-refractivity contribution in [2.45, 2.75) is 46.2 Å². The molecule has 1 N–H and O–H groups in total. The number of nitrogens with one attached hydrogen (secondary N) is 1. The first-order chi connectivity index (χ1) is 8.83. The Bertz CT molecular complexity index is 385. The molecule has 4 heteroatoms. The first kappa shape index (κ1) is 15.8. The Labute approximate surface area is 117 Å². The number of methoxy groups -OCH3 is 1. The van der Waals surface area contributed by atoms with Gasteiger partial charge >= 0.3 is 0 Å². The van der Waals surface area contributed by atoms with Crippen LogP contribution in [0.1, 0.15) is 34.6 Å². The van der Waals surface area contributed by atoms with Gasteiger partial charge in [0.1, 0.15) is 11.6 Å². The van der Waals surface area contributed by atoms with Crippen molar-refractivity contribution in [3.8, 4) is 0 Å². The summed E-state index contributed by atoms with van der Waals surface area (Å²) in [5.74, 6) is 1.90. The molecule has 0 saturated carbocycles. The average Bonchev–Trinajstić information content (AvgIpc) is 2.27. The molecule has 1 heterocycles. The van der Waals surface area contributed by atoms with Crippen LogP contribution >= 0.6 is 0 Å². The van der Waals surface area contributed by atoms with Crippen molar-refractivity contribution >= 4 is 11.6 Å². The zero-order valence-electron chi connectivity index (χ0n) is 13.0. The number of pyridine rings is 1. The number of anilines is 2. The maximum atomic E-state index is 5.17. The second-order valence-corrected chi connectivity index (χ2v) is 6.04. The SMILES string of the molecule is COCCN(c1cccc(NC(C)(C)C)n1)C(C)C. The summed E-state index contributed by atoms with van der Waals surface area (Å²) in [4.78, 5) is 6.94. The number of hydrogen-bond acceptors (Lipinski definition) is 4. The molecule has 1 rings (SSSR count). The van der Waals surface area contributed by atoms with E-state index in [-0.39, 0.29) is 5.54 Å². The summed E-state index contributed by atoms with van der Waals surface area (Å²) in [6, 6.07) is 6.48. The fourth-order valence-corrected chi connectivity index (χ4v) is 1.86. The fourth-order valence-electron chi connectivity index (χ4n) is 1.86. The van der Waals surface area contributed by atoms with Crippen molar-refractivity contribution < 1.29 is 4.74 Å². The third-order valence-electron chi connectivity index (χ3n) is 2.69. The molecule has 1 aromatic rings. The third kappa shape index (κ3) is 5.47. The smallest absolute Gasteiger partial charge is 0.131 e. The van der Waals surface area contributed by atoms with Crippen LogP contribution in [0.4, 0.5) is 11.6 Å². The number of ether oxygens (including phenoxy) is 1. The summed E-state index contributed by atoms with van der Waals surface area (Å²) in [7, 11) is 1.73. The van der Waals surface area contributed by atoms with E-state index in [1.54, 1.807) is 7.11 Å². The van der Waals surface area contributed by atoms with Crippen LogP contribution in [0.3, 0.4) is 0 Å². The van der Waals surface area contributed by atoms with Crippen molar-refractivity contribution in [2.75, 3.05) is 30.5 Å². The lowest BCUT2D eigenvalue weighted by atomic mass is 10.1. The maximum absolute atomic E-state index is 5.17. The van der Waals surface area contributed by atoms with Crippen LogP contribution in [-0.4, -0.2) is 36.8 Å². The highest BCUT2D eigenvalue weighted by atomic mass is 16.5. The Morgan fingerprint density at radius 1 is 1.32 bits per heavy atom. The van der Waals surface area contributed by atoms with E-state index in [4.69, 9.17) is 9.72 Å². The van der Waals surface area contributed by atoms with E-state index in [1.165, 1.54) is 0 Å². The molecule has 0 aliphatic rings. The monoisotopic (exact) mass is 265 g/mol. The highest BCUT2D eigenvalue weighted by Crippen LogP contribution is 2.19. The molecular weight excluding hydrogens is 238 g/mol. The summed E-state index contributed by atoms with van der Waals surface area (Å²) in [6.45, 7) is 12.3. The highest BCUT2D eigenvalue weighted by molar-refractivity contribution is 5.48. The average molecular weight is 265 g/mol. The van der Waals surface area contributed by atoms with Gasteiger partial charge in [0.05, 0.1) is 6.61 Å². The van der Waals surface area contributed by atoms with E-state index in [1.807, 2.05) is 18.2 Å². The summed E-state index contributed by atoms with van der Waals surface area (Å²) in [6.07, 6.45) is 0. The van der Waals surface area contributed by atoms with Gasteiger partial charge in [-0.2, -0.15) is 0 Å². The predicted octanol–water partition coefficient (Wildman–Crippen LogP) is 3.15. The largest absolute Gasteiger partial charge is 0.383 e. The van der Waals surface area contributed by atoms with Gasteiger partial charge in [-0.3, -0.25) is 0 Å². The third-order valence-corrected chi connectivity index (χ3v) is 2.69. The normalized spacial score (nSPS) is 11.7. The molecule has 0 aromatic carbocycles. The molecule has 0 aliphatic carbocycles. The predicted molar refractivity (Wildman–Crippen MR) is 82.0 cm³/mol. The summed E-state index contributed by atoms with van der Waals surface area (Å²) < 4.78 is 5.17. The standard InChI is InChI=1S/C15H27N3O/c1-12(2)18(10-11-19-6)14-9-7-8-13(16-14)17-15(3,4)5/h7-9,12H,10-11H2,1-6H3,(H,16,17). The summed E-state index contributed by atoms with van der Waals surface area (Å²) >= 11 is 0. The fraction of sp³-hybridized carbons (Fsp3) is 0.667. The summed E-state index contributed by atoms with van der Waals surface area (Å²) in [5, 5.41) is 3.40. The number of aromatic nitrogens is 1. The molecule has 108 valence electrons. The van der Waals surface area contributed by atoms with Crippen LogP contribution in [0.15, 0.2) is 18.2 Å². The molecular formula is C15H27N3O. The minimum Gasteiger partial charge on any atom is -0.383 e. The topological polar surface area (TPSA) is 37.4 Å². The quantitative estimate of drug-likeness (QED) is 0.857. The molecule has 0 spiro atoms. The zero-order valence-corrected chi connectivity index (χ0v) is 13.0. The van der Waals surface area contributed by atoms with Crippen LogP contribution in [0.25, 0.3) is 0 Å². The molecule has 0 amide bonds. The van der Waals surface area contributed by atoms with Crippen molar-refractivity contribution in [3.63, 3.8) is 0 Å². The lowest BCUT2D eigenvalue weighted by Crippen LogP contribution is -2.35. The lowest BCUT2D eigenvalue weighted by molar-refractivity contribution is 0.203. The minimum atomic E-state index is 0.0147. The maximum Gasteiger partial charge on any atom is 0.131 e. The van der Waals surface area contributed by atoms with E-state index >= 15 is 0 Å². The van der Waals surface area contributed by atoms with Gasteiger partial charge in [0.25, 0.3) is 0 Å². The summed E-state index contributed by atoms with van der Waals surface area (Å²) in [5.41, 5.74) is 0.0147. The number of hydrogen-bond donors (Lipinski definition) is 1. The Kier molecular flexibility index (Phi) is 5.60. The molecule has 0 fully saturated rings. The van der Waals surface area contributed by atoms with Crippen LogP contribution in [-0.2, 0) is 4.74 Å². The van der Waals surface area contributed by atoms with E-state index in [0.717, 1.165) is 18.2 Å². The van der Waals surface area contributed by atoms with Crippen molar-refractivity contribution in [1.29, 1.82) is 0 Å². The second-order valence-electron chi connectivity index (χ2n) is 6.04. The molecule has 0 saturated heterocycles. The highest BCUT2D eigenvalue weighted by Gasteiger charge is 2.14. The van der Waals surface area contributed by atoms with Gasteiger partial charge in [-0.25, -0.2) is 4.98 Å². The van der Waals surface area contributed by atoms with Gasteiger partial charge in [-0.15, -0.1) is 0 Å². The Morgan fingerprint density at radius 3 is 2.53 bits per heavy atom. The van der Waals surface area contributed by atoms with Crippen molar-refractivity contribution in [1.82, 2.24) is 4.98 Å². The van der Waals surface area contributed by atoms with E-state index in [2.05, 4.69) is 44.8 Å². The molecule has 0 aliphatic heterocycles. The van der Waals surface area contributed by atoms with Crippen molar-refractivity contribution in [3.05, 3.63) is 18.2 Å². The molecule has 1 aromatic heterocycles. The van der Waals surface area contributed by atoms with Crippen molar-refractivity contribution in [2.24, 2.45) is 0 Å². The zero-order chi connectivity index (χ0) is 14.5. The molecule has 4 nitrogen and oxygen atoms in total. The van der Waals surface area contributed by atoms with Gasteiger partial charge in [0.2, 0.25) is 0 Å². The number of rotatable bonds is 6. The van der Waals surface area contributed by atoms with Gasteiger partial charge in [0.15, 0.2) is 0 Å². The van der Waals surface area contributed by atoms with Crippen LogP contribution in [0, 0.1) is 0 Å². The lowest BCUT2D eigenvalue weighted by Gasteiger charge is -2.29. The Balaban J connectivity index is 2.88. The van der Waals surface area contributed by atoms with Gasteiger partial charge in [0, 0.05) is 25.2 Å². The van der Waals surface area contributed by atoms with E-state index in [9.17, 15) is 0 Å². The van der Waals surface area contributed by atoms with Crippen LogP contribution in [0.2, 0.25) is 0 Å². The molecule has 0 unspecified atom stereocenters. The Hall–Kier alpha value is -1.29. The van der Waals surface area contributed by atoms with Gasteiger partial charge in [-0.1, -0.05) is 6.07 Å². The number of nitrogens with zero attached hydrogens (tertiary/aromatic N) is 2. The minimum absolute atomic E-state index is 0.0147. The van der Waals surface area contributed by atoms with Crippen LogP contribution in [0.5, 0.6) is 0 Å². The molecule has 0 atom stereocenters. The van der Waals surface area contributed by atoms with Gasteiger partial charge in [-0.05, 0) is 46.8 Å². The first-order valence-electron chi connectivity index (χ1n) is 6.84. The van der Waals surface area contributed by atoms with E-state index < -0.39 is 0 Å². The Morgan fingerprint density at radius 2 is 2.00 bits per heavy atom. The van der Waals surface area contributed by atoms with Crippen LogP contribution < -0.4 is 10.2 Å². The molecule has 0 radical (unpaired) electrons. The first-order valence-corrected chi connectivity index (χ1v) is 6.84.